The normalized spacial score (nSPS) is 15.9. The van der Waals surface area contributed by atoms with Crippen molar-refractivity contribution in [1.29, 1.82) is 0 Å². The van der Waals surface area contributed by atoms with E-state index >= 15 is 0 Å². The lowest BCUT2D eigenvalue weighted by Gasteiger charge is -2.25. The van der Waals surface area contributed by atoms with Gasteiger partial charge in [-0.3, -0.25) is 9.63 Å². The number of carbonyl (C=O) groups is 1. The molecule has 0 aliphatic carbocycles. The van der Waals surface area contributed by atoms with Gasteiger partial charge in [-0.25, -0.2) is 5.06 Å². The lowest BCUT2D eigenvalue weighted by Crippen LogP contribution is -2.37. The largest absolute Gasteiger partial charge is 0.389 e. The summed E-state index contributed by atoms with van der Waals surface area (Å²) in [7, 11) is 0. The first-order valence-electron chi connectivity index (χ1n) is 5.28. The Morgan fingerprint density at radius 2 is 2.41 bits per heavy atom. The van der Waals surface area contributed by atoms with Crippen LogP contribution in [0.3, 0.4) is 0 Å². The molecule has 0 saturated carbocycles. The maximum atomic E-state index is 11.7. The number of carbonyl (C=O) groups excluding carboxylic acids is 1. The fourth-order valence-corrected chi connectivity index (χ4v) is 1.55. The SMILES string of the molecule is O=C(Cn1ccc([N+](=O)[O-])n1)N1CCCCO1. The van der Waals surface area contributed by atoms with E-state index in [2.05, 4.69) is 5.10 Å². The van der Waals surface area contributed by atoms with Crippen molar-refractivity contribution in [3.05, 3.63) is 22.4 Å². The zero-order chi connectivity index (χ0) is 12.3. The summed E-state index contributed by atoms with van der Waals surface area (Å²) in [4.78, 5) is 26.7. The zero-order valence-corrected chi connectivity index (χ0v) is 9.11. The Hall–Kier alpha value is -1.96. The van der Waals surface area contributed by atoms with Crippen LogP contribution in [0, 0.1) is 10.1 Å². The van der Waals surface area contributed by atoms with E-state index in [1.165, 1.54) is 22.0 Å². The summed E-state index contributed by atoms with van der Waals surface area (Å²) in [6, 6.07) is 1.25. The lowest BCUT2D eigenvalue weighted by molar-refractivity contribution is -0.389. The Bertz CT molecular complexity index is 424. The highest BCUT2D eigenvalue weighted by Crippen LogP contribution is 2.08. The Morgan fingerprint density at radius 3 is 3.00 bits per heavy atom. The van der Waals surface area contributed by atoms with Crippen LogP contribution in [0.1, 0.15) is 12.8 Å². The van der Waals surface area contributed by atoms with Gasteiger partial charge >= 0.3 is 5.82 Å². The van der Waals surface area contributed by atoms with Crippen LogP contribution < -0.4 is 0 Å². The summed E-state index contributed by atoms with van der Waals surface area (Å²) in [6.07, 6.45) is 3.25. The van der Waals surface area contributed by atoms with Crippen LogP contribution >= 0.6 is 0 Å². The number of nitrogens with zero attached hydrogens (tertiary/aromatic N) is 4. The fraction of sp³-hybridized carbons (Fsp3) is 0.556. The van der Waals surface area contributed by atoms with Gasteiger partial charge in [0.15, 0.2) is 0 Å². The molecule has 0 bridgehead atoms. The van der Waals surface area contributed by atoms with Gasteiger partial charge in [-0.2, -0.15) is 4.68 Å². The molecule has 8 nitrogen and oxygen atoms in total. The first-order valence-corrected chi connectivity index (χ1v) is 5.28. The smallest absolute Gasteiger partial charge is 0.358 e. The molecule has 0 aromatic carbocycles. The van der Waals surface area contributed by atoms with Gasteiger partial charge in [0.1, 0.15) is 6.54 Å². The third-order valence-electron chi connectivity index (χ3n) is 2.39. The maximum Gasteiger partial charge on any atom is 0.389 e. The third kappa shape index (κ3) is 2.78. The molecule has 1 aromatic rings. The van der Waals surface area contributed by atoms with Crippen LogP contribution in [0.5, 0.6) is 0 Å². The summed E-state index contributed by atoms with van der Waals surface area (Å²) >= 11 is 0. The molecule has 0 N–H and O–H groups in total. The summed E-state index contributed by atoms with van der Waals surface area (Å²) in [5.74, 6) is -0.514. The van der Waals surface area contributed by atoms with E-state index < -0.39 is 4.92 Å². The highest BCUT2D eigenvalue weighted by atomic mass is 16.7. The summed E-state index contributed by atoms with van der Waals surface area (Å²) in [5, 5.41) is 15.4. The minimum Gasteiger partial charge on any atom is -0.358 e. The number of hydroxylamine groups is 2. The zero-order valence-electron chi connectivity index (χ0n) is 9.11. The Labute approximate surface area is 96.9 Å². The second kappa shape index (κ2) is 4.91. The Morgan fingerprint density at radius 1 is 1.59 bits per heavy atom. The summed E-state index contributed by atoms with van der Waals surface area (Å²) < 4.78 is 1.23. The number of hydrogen-bond acceptors (Lipinski definition) is 5. The van der Waals surface area contributed by atoms with E-state index in [1.54, 1.807) is 0 Å². The molecule has 1 amide bonds. The van der Waals surface area contributed by atoms with Crippen molar-refractivity contribution < 1.29 is 14.6 Å². The first-order chi connectivity index (χ1) is 8.16. The van der Waals surface area contributed by atoms with Gasteiger partial charge in [-0.15, -0.1) is 0 Å². The molecule has 0 unspecified atom stereocenters. The molecule has 1 fully saturated rings. The van der Waals surface area contributed by atoms with Crippen molar-refractivity contribution in [3.8, 4) is 0 Å². The van der Waals surface area contributed by atoms with Crippen LogP contribution in [0.2, 0.25) is 0 Å². The number of hydrogen-bond donors (Lipinski definition) is 0. The highest BCUT2D eigenvalue weighted by Gasteiger charge is 2.20. The van der Waals surface area contributed by atoms with E-state index in [0.717, 1.165) is 12.8 Å². The van der Waals surface area contributed by atoms with Crippen molar-refractivity contribution >= 4 is 11.7 Å². The van der Waals surface area contributed by atoms with Gasteiger partial charge in [0.2, 0.25) is 0 Å². The first kappa shape index (κ1) is 11.5. The molecule has 17 heavy (non-hydrogen) atoms. The second-order valence-electron chi connectivity index (χ2n) is 3.66. The minimum absolute atomic E-state index is 0.0478. The van der Waals surface area contributed by atoms with Crippen LogP contribution in [0.4, 0.5) is 5.82 Å². The van der Waals surface area contributed by atoms with Crippen LogP contribution in [-0.4, -0.2) is 38.8 Å². The van der Waals surface area contributed by atoms with E-state index in [-0.39, 0.29) is 18.3 Å². The summed E-state index contributed by atoms with van der Waals surface area (Å²) in [5.41, 5.74) is 0. The van der Waals surface area contributed by atoms with Gasteiger partial charge in [-0.1, -0.05) is 0 Å². The van der Waals surface area contributed by atoms with Crippen molar-refractivity contribution in [2.75, 3.05) is 13.2 Å². The van der Waals surface area contributed by atoms with Gasteiger partial charge in [0.25, 0.3) is 5.91 Å². The molecule has 1 aromatic heterocycles. The van der Waals surface area contributed by atoms with Crippen LogP contribution in [0.15, 0.2) is 12.3 Å². The molecule has 92 valence electrons. The van der Waals surface area contributed by atoms with Crippen molar-refractivity contribution in [2.45, 2.75) is 19.4 Å². The topological polar surface area (TPSA) is 90.5 Å². The number of rotatable bonds is 3. The van der Waals surface area contributed by atoms with Crippen LogP contribution in [-0.2, 0) is 16.2 Å². The van der Waals surface area contributed by atoms with E-state index in [1.807, 2.05) is 0 Å². The molecule has 1 aliphatic rings. The van der Waals surface area contributed by atoms with Gasteiger partial charge in [0, 0.05) is 6.54 Å². The van der Waals surface area contributed by atoms with Crippen LogP contribution in [0.25, 0.3) is 0 Å². The maximum absolute atomic E-state index is 11.7. The number of amides is 1. The van der Waals surface area contributed by atoms with E-state index in [9.17, 15) is 14.9 Å². The molecule has 2 heterocycles. The average molecular weight is 240 g/mol. The molecule has 0 spiro atoms. The van der Waals surface area contributed by atoms with Crippen molar-refractivity contribution in [1.82, 2.24) is 14.8 Å². The standard InChI is InChI=1S/C9H12N4O4/c14-9(12-4-1-2-6-17-12)7-11-5-3-8(10-11)13(15)16/h3,5H,1-2,4,6-7H2. The minimum atomic E-state index is -0.599. The molecule has 0 atom stereocenters. The monoisotopic (exact) mass is 240 g/mol. The van der Waals surface area contributed by atoms with Gasteiger partial charge in [-0.05, 0) is 17.8 Å². The van der Waals surface area contributed by atoms with E-state index in [0.29, 0.717) is 13.2 Å². The van der Waals surface area contributed by atoms with Crippen molar-refractivity contribution in [3.63, 3.8) is 0 Å². The second-order valence-corrected chi connectivity index (χ2v) is 3.66. The fourth-order valence-electron chi connectivity index (χ4n) is 1.55. The molecule has 1 aliphatic heterocycles. The Balaban J connectivity index is 1.94. The molecule has 2 rings (SSSR count). The molecular weight excluding hydrogens is 228 g/mol. The molecule has 1 saturated heterocycles. The predicted octanol–water partition coefficient (Wildman–Crippen LogP) is 0.345. The van der Waals surface area contributed by atoms with Crippen molar-refractivity contribution in [2.24, 2.45) is 0 Å². The van der Waals surface area contributed by atoms with E-state index in [4.69, 9.17) is 4.84 Å². The third-order valence-corrected chi connectivity index (χ3v) is 2.39. The van der Waals surface area contributed by atoms with Gasteiger partial charge < -0.3 is 10.1 Å². The quantitative estimate of drug-likeness (QED) is 0.561. The molecule has 8 heteroatoms. The predicted molar refractivity (Wildman–Crippen MR) is 55.8 cm³/mol. The molecule has 0 radical (unpaired) electrons. The lowest BCUT2D eigenvalue weighted by atomic mass is 10.3. The molecular formula is C9H12N4O4. The number of aromatic nitrogens is 2. The summed E-state index contributed by atoms with van der Waals surface area (Å²) in [6.45, 7) is 1.04. The van der Waals surface area contributed by atoms with Gasteiger partial charge in [0.05, 0.1) is 24.0 Å². The Kier molecular flexibility index (Phi) is 3.33. The number of nitro groups is 1. The average Bonchev–Trinajstić information content (AvgIpc) is 2.79. The highest BCUT2D eigenvalue weighted by molar-refractivity contribution is 5.74.